The summed E-state index contributed by atoms with van der Waals surface area (Å²) in [4.78, 5) is 0. The van der Waals surface area contributed by atoms with Crippen molar-refractivity contribution in [3.8, 4) is 0 Å². The summed E-state index contributed by atoms with van der Waals surface area (Å²) in [6.45, 7) is 12.9. The smallest absolute Gasteiger partial charge is 0.00925 e. The van der Waals surface area contributed by atoms with Gasteiger partial charge in [0, 0.05) is 6.04 Å². The summed E-state index contributed by atoms with van der Waals surface area (Å²) in [6, 6.07) is 0.763. The van der Waals surface area contributed by atoms with Crippen LogP contribution in [0.3, 0.4) is 0 Å². The molecule has 3 atom stereocenters. The van der Waals surface area contributed by atoms with Crippen molar-refractivity contribution in [1.29, 1.82) is 0 Å². The van der Waals surface area contributed by atoms with Gasteiger partial charge < -0.3 is 5.32 Å². The van der Waals surface area contributed by atoms with Gasteiger partial charge in [-0.15, -0.1) is 0 Å². The van der Waals surface area contributed by atoms with Crippen LogP contribution in [0.25, 0.3) is 0 Å². The van der Waals surface area contributed by atoms with Crippen LogP contribution in [0.15, 0.2) is 0 Å². The van der Waals surface area contributed by atoms with Gasteiger partial charge in [0.25, 0.3) is 0 Å². The largest absolute Gasteiger partial charge is 0.314 e. The molecule has 0 aromatic carbocycles. The highest BCUT2D eigenvalue weighted by molar-refractivity contribution is 4.83. The molecule has 0 radical (unpaired) electrons. The van der Waals surface area contributed by atoms with Gasteiger partial charge in [-0.3, -0.25) is 0 Å². The fourth-order valence-electron chi connectivity index (χ4n) is 3.51. The van der Waals surface area contributed by atoms with Crippen molar-refractivity contribution in [3.63, 3.8) is 0 Å². The van der Waals surface area contributed by atoms with Crippen LogP contribution in [0, 0.1) is 17.3 Å². The topological polar surface area (TPSA) is 12.0 Å². The van der Waals surface area contributed by atoms with Gasteiger partial charge in [-0.05, 0) is 55.9 Å². The van der Waals surface area contributed by atoms with Crippen LogP contribution in [0.2, 0.25) is 0 Å². The van der Waals surface area contributed by atoms with Gasteiger partial charge in [-0.25, -0.2) is 0 Å². The summed E-state index contributed by atoms with van der Waals surface area (Å²) in [5, 5.41) is 3.68. The zero-order valence-corrected chi connectivity index (χ0v) is 12.7. The minimum atomic E-state index is 0.509. The molecule has 1 heteroatoms. The third-order valence-electron chi connectivity index (χ3n) is 4.71. The maximum atomic E-state index is 3.68. The Morgan fingerprint density at radius 3 is 2.29 bits per heavy atom. The van der Waals surface area contributed by atoms with Crippen LogP contribution in [0.5, 0.6) is 0 Å². The SMILES string of the molecule is CCNC(CC)C1CCCC(C(C)(C)C)CC1. The van der Waals surface area contributed by atoms with Gasteiger partial charge >= 0.3 is 0 Å². The number of nitrogens with one attached hydrogen (secondary N) is 1. The van der Waals surface area contributed by atoms with Gasteiger partial charge in [0.05, 0.1) is 0 Å². The standard InChI is InChI=1S/C16H33N/c1-6-15(17-7-2)13-9-8-10-14(12-11-13)16(3,4)5/h13-15,17H,6-12H2,1-5H3. The van der Waals surface area contributed by atoms with Crippen LogP contribution in [-0.4, -0.2) is 12.6 Å². The lowest BCUT2D eigenvalue weighted by molar-refractivity contribution is 0.209. The summed E-state index contributed by atoms with van der Waals surface area (Å²) in [7, 11) is 0. The molecule has 1 saturated carbocycles. The second-order valence-electron chi connectivity index (χ2n) is 6.90. The Labute approximate surface area is 109 Å². The zero-order chi connectivity index (χ0) is 12.9. The Morgan fingerprint density at radius 1 is 1.06 bits per heavy atom. The lowest BCUT2D eigenvalue weighted by Crippen LogP contribution is -2.35. The zero-order valence-electron chi connectivity index (χ0n) is 12.7. The van der Waals surface area contributed by atoms with E-state index in [0.29, 0.717) is 5.41 Å². The Morgan fingerprint density at radius 2 is 1.76 bits per heavy atom. The van der Waals surface area contributed by atoms with Crippen molar-refractivity contribution >= 4 is 0 Å². The predicted molar refractivity (Wildman–Crippen MR) is 77.3 cm³/mol. The minimum absolute atomic E-state index is 0.509. The van der Waals surface area contributed by atoms with E-state index in [1.165, 1.54) is 38.5 Å². The second kappa shape index (κ2) is 6.78. The van der Waals surface area contributed by atoms with Crippen molar-refractivity contribution < 1.29 is 0 Å². The molecule has 0 saturated heterocycles. The van der Waals surface area contributed by atoms with Crippen molar-refractivity contribution in [2.24, 2.45) is 17.3 Å². The molecule has 0 aromatic heterocycles. The van der Waals surface area contributed by atoms with E-state index in [1.807, 2.05) is 0 Å². The van der Waals surface area contributed by atoms with Gasteiger partial charge in [-0.1, -0.05) is 41.0 Å². The first-order chi connectivity index (χ1) is 7.99. The van der Waals surface area contributed by atoms with Crippen molar-refractivity contribution in [2.75, 3.05) is 6.54 Å². The highest BCUT2D eigenvalue weighted by Crippen LogP contribution is 2.39. The molecule has 1 N–H and O–H groups in total. The molecule has 1 aliphatic rings. The maximum absolute atomic E-state index is 3.68. The normalized spacial score (nSPS) is 28.8. The van der Waals surface area contributed by atoms with Crippen LogP contribution in [-0.2, 0) is 0 Å². The van der Waals surface area contributed by atoms with E-state index in [-0.39, 0.29) is 0 Å². The van der Waals surface area contributed by atoms with Crippen molar-refractivity contribution in [2.45, 2.75) is 79.2 Å². The van der Waals surface area contributed by atoms with Gasteiger partial charge in [0.15, 0.2) is 0 Å². The second-order valence-corrected chi connectivity index (χ2v) is 6.90. The quantitative estimate of drug-likeness (QED) is 0.706. The van der Waals surface area contributed by atoms with Crippen LogP contribution >= 0.6 is 0 Å². The molecule has 1 rings (SSSR count). The number of hydrogen-bond acceptors (Lipinski definition) is 1. The third kappa shape index (κ3) is 4.62. The first kappa shape index (κ1) is 15.0. The molecule has 0 bridgehead atoms. The molecular weight excluding hydrogens is 206 g/mol. The number of rotatable bonds is 4. The van der Waals surface area contributed by atoms with Crippen molar-refractivity contribution in [1.82, 2.24) is 5.32 Å². The molecule has 0 aromatic rings. The summed E-state index contributed by atoms with van der Waals surface area (Å²) in [6.07, 6.45) is 8.50. The highest BCUT2D eigenvalue weighted by atomic mass is 14.9. The first-order valence-corrected chi connectivity index (χ1v) is 7.72. The Kier molecular flexibility index (Phi) is 5.99. The Bertz CT molecular complexity index is 204. The Hall–Kier alpha value is -0.0400. The summed E-state index contributed by atoms with van der Waals surface area (Å²) >= 11 is 0. The average Bonchev–Trinajstić information content (AvgIpc) is 2.50. The van der Waals surface area contributed by atoms with E-state index in [2.05, 4.69) is 39.9 Å². The maximum Gasteiger partial charge on any atom is 0.00925 e. The van der Waals surface area contributed by atoms with Crippen LogP contribution in [0.1, 0.15) is 73.1 Å². The fourth-order valence-corrected chi connectivity index (χ4v) is 3.51. The molecule has 1 nitrogen and oxygen atoms in total. The molecule has 3 unspecified atom stereocenters. The summed E-state index contributed by atoms with van der Waals surface area (Å²) < 4.78 is 0. The lowest BCUT2D eigenvalue weighted by atomic mass is 9.76. The molecule has 0 heterocycles. The molecule has 0 amide bonds. The lowest BCUT2D eigenvalue weighted by Gasteiger charge is -2.30. The average molecular weight is 239 g/mol. The van der Waals surface area contributed by atoms with E-state index in [9.17, 15) is 0 Å². The third-order valence-corrected chi connectivity index (χ3v) is 4.71. The van der Waals surface area contributed by atoms with Crippen LogP contribution < -0.4 is 5.32 Å². The van der Waals surface area contributed by atoms with Crippen molar-refractivity contribution in [3.05, 3.63) is 0 Å². The van der Waals surface area contributed by atoms with E-state index >= 15 is 0 Å². The van der Waals surface area contributed by atoms with Crippen LogP contribution in [0.4, 0.5) is 0 Å². The summed E-state index contributed by atoms with van der Waals surface area (Å²) in [5.74, 6) is 1.86. The predicted octanol–water partition coefficient (Wildman–Crippen LogP) is 4.62. The van der Waals surface area contributed by atoms with E-state index < -0.39 is 0 Å². The monoisotopic (exact) mass is 239 g/mol. The van der Waals surface area contributed by atoms with E-state index in [4.69, 9.17) is 0 Å². The first-order valence-electron chi connectivity index (χ1n) is 7.72. The molecular formula is C16H33N. The molecule has 17 heavy (non-hydrogen) atoms. The van der Waals surface area contributed by atoms with Gasteiger partial charge in [0.2, 0.25) is 0 Å². The molecule has 1 fully saturated rings. The number of hydrogen-bond donors (Lipinski definition) is 1. The van der Waals surface area contributed by atoms with E-state index in [0.717, 1.165) is 24.4 Å². The molecule has 1 aliphatic carbocycles. The molecule has 0 spiro atoms. The van der Waals surface area contributed by atoms with Gasteiger partial charge in [-0.2, -0.15) is 0 Å². The highest BCUT2D eigenvalue weighted by Gasteiger charge is 2.29. The molecule has 102 valence electrons. The Balaban J connectivity index is 2.52. The fraction of sp³-hybridized carbons (Fsp3) is 1.00. The van der Waals surface area contributed by atoms with E-state index in [1.54, 1.807) is 0 Å². The van der Waals surface area contributed by atoms with Gasteiger partial charge in [0.1, 0.15) is 0 Å². The molecule has 0 aliphatic heterocycles. The summed E-state index contributed by atoms with van der Waals surface area (Å²) in [5.41, 5.74) is 0.509. The minimum Gasteiger partial charge on any atom is -0.314 e.